The molecule has 1 aliphatic rings. The highest BCUT2D eigenvalue weighted by Crippen LogP contribution is 2.43. The Bertz CT molecular complexity index is 359. The number of nitrogens with zero attached hydrogens (tertiary/aromatic N) is 1. The number of halogens is 3. The molecule has 0 fully saturated rings. The SMILES string of the molecule is NCCC1CCc2onc(C(F)(F)F)c21. The first-order chi connectivity index (χ1) is 7.04. The van der Waals surface area contributed by atoms with Gasteiger partial charge in [0.15, 0.2) is 5.69 Å². The van der Waals surface area contributed by atoms with Crippen LogP contribution in [0.5, 0.6) is 0 Å². The third kappa shape index (κ3) is 1.73. The maximum atomic E-state index is 12.5. The number of hydrogen-bond acceptors (Lipinski definition) is 3. The lowest BCUT2D eigenvalue weighted by atomic mass is 9.98. The van der Waals surface area contributed by atoms with Gasteiger partial charge in [-0.2, -0.15) is 13.2 Å². The van der Waals surface area contributed by atoms with Crippen LogP contribution in [0.4, 0.5) is 13.2 Å². The molecule has 0 aliphatic heterocycles. The lowest BCUT2D eigenvalue weighted by Gasteiger charge is -2.10. The van der Waals surface area contributed by atoms with Gasteiger partial charge in [0.05, 0.1) is 0 Å². The first-order valence-corrected chi connectivity index (χ1v) is 4.79. The summed E-state index contributed by atoms with van der Waals surface area (Å²) in [7, 11) is 0. The Morgan fingerprint density at radius 2 is 2.20 bits per heavy atom. The summed E-state index contributed by atoms with van der Waals surface area (Å²) < 4.78 is 42.3. The van der Waals surface area contributed by atoms with E-state index in [1.807, 2.05) is 0 Å². The fourth-order valence-corrected chi connectivity index (χ4v) is 2.08. The van der Waals surface area contributed by atoms with Crippen LogP contribution in [0.15, 0.2) is 4.52 Å². The van der Waals surface area contributed by atoms with Crippen molar-refractivity contribution in [3.05, 3.63) is 17.0 Å². The largest absolute Gasteiger partial charge is 0.437 e. The monoisotopic (exact) mass is 220 g/mol. The van der Waals surface area contributed by atoms with E-state index in [1.54, 1.807) is 0 Å². The molecule has 0 aromatic carbocycles. The second kappa shape index (κ2) is 3.52. The quantitative estimate of drug-likeness (QED) is 0.830. The number of alkyl halides is 3. The van der Waals surface area contributed by atoms with Crippen LogP contribution in [0.2, 0.25) is 0 Å². The first kappa shape index (κ1) is 10.5. The van der Waals surface area contributed by atoms with Crippen LogP contribution >= 0.6 is 0 Å². The summed E-state index contributed by atoms with van der Waals surface area (Å²) in [6.07, 6.45) is -2.66. The zero-order valence-electron chi connectivity index (χ0n) is 7.97. The Kier molecular flexibility index (Phi) is 2.46. The molecular weight excluding hydrogens is 209 g/mol. The Balaban J connectivity index is 2.36. The molecule has 2 N–H and O–H groups in total. The van der Waals surface area contributed by atoms with Crippen molar-refractivity contribution >= 4 is 0 Å². The lowest BCUT2D eigenvalue weighted by Crippen LogP contribution is -2.12. The standard InChI is InChI=1S/C9H11F3N2O/c10-9(11,12)8-7-5(3-4-13)1-2-6(7)15-14-8/h5H,1-4,13H2. The van der Waals surface area contributed by atoms with Gasteiger partial charge in [-0.05, 0) is 25.3 Å². The molecule has 1 atom stereocenters. The second-order valence-corrected chi connectivity index (χ2v) is 3.68. The summed E-state index contributed by atoms with van der Waals surface area (Å²) in [6.45, 7) is 0.382. The highest BCUT2D eigenvalue weighted by atomic mass is 19.4. The van der Waals surface area contributed by atoms with Crippen LogP contribution < -0.4 is 5.73 Å². The fraction of sp³-hybridized carbons (Fsp3) is 0.667. The van der Waals surface area contributed by atoms with Gasteiger partial charge in [0.1, 0.15) is 5.76 Å². The van der Waals surface area contributed by atoms with Gasteiger partial charge in [-0.15, -0.1) is 0 Å². The van der Waals surface area contributed by atoms with E-state index in [2.05, 4.69) is 5.16 Å². The molecule has 3 nitrogen and oxygen atoms in total. The number of rotatable bonds is 2. The normalized spacial score (nSPS) is 20.7. The van der Waals surface area contributed by atoms with Crippen LogP contribution in [0.25, 0.3) is 0 Å². The van der Waals surface area contributed by atoms with Crippen LogP contribution in [-0.4, -0.2) is 11.7 Å². The van der Waals surface area contributed by atoms with E-state index in [0.29, 0.717) is 31.6 Å². The molecule has 1 aromatic heterocycles. The van der Waals surface area contributed by atoms with Gasteiger partial charge < -0.3 is 10.3 Å². The number of hydrogen-bond donors (Lipinski definition) is 1. The predicted molar refractivity (Wildman–Crippen MR) is 46.2 cm³/mol. The van der Waals surface area contributed by atoms with Crippen LogP contribution in [-0.2, 0) is 12.6 Å². The molecule has 2 rings (SSSR count). The summed E-state index contributed by atoms with van der Waals surface area (Å²) in [6, 6.07) is 0. The van der Waals surface area contributed by atoms with Crippen molar-refractivity contribution in [1.29, 1.82) is 0 Å². The number of aromatic nitrogens is 1. The fourth-order valence-electron chi connectivity index (χ4n) is 2.08. The summed E-state index contributed by atoms with van der Waals surface area (Å²) in [5.41, 5.74) is 4.72. The smallest absolute Gasteiger partial charge is 0.361 e. The summed E-state index contributed by atoms with van der Waals surface area (Å²) >= 11 is 0. The molecule has 1 heterocycles. The molecule has 0 bridgehead atoms. The van der Waals surface area contributed by atoms with Gasteiger partial charge in [0, 0.05) is 12.0 Å². The minimum absolute atomic E-state index is 0.145. The first-order valence-electron chi connectivity index (χ1n) is 4.79. The minimum Gasteiger partial charge on any atom is -0.361 e. The number of nitrogens with two attached hydrogens (primary N) is 1. The van der Waals surface area contributed by atoms with Crippen molar-refractivity contribution in [2.75, 3.05) is 6.54 Å². The highest BCUT2D eigenvalue weighted by molar-refractivity contribution is 5.33. The third-order valence-electron chi connectivity index (χ3n) is 2.71. The van der Waals surface area contributed by atoms with E-state index in [9.17, 15) is 13.2 Å². The molecule has 0 saturated carbocycles. The second-order valence-electron chi connectivity index (χ2n) is 3.68. The topological polar surface area (TPSA) is 52.0 Å². The van der Waals surface area contributed by atoms with Gasteiger partial charge in [0.25, 0.3) is 0 Å². The van der Waals surface area contributed by atoms with Crippen molar-refractivity contribution in [1.82, 2.24) is 5.16 Å². The molecular formula is C9H11F3N2O. The molecule has 0 radical (unpaired) electrons. The van der Waals surface area contributed by atoms with E-state index < -0.39 is 11.9 Å². The molecule has 84 valence electrons. The Morgan fingerprint density at radius 1 is 1.47 bits per heavy atom. The van der Waals surface area contributed by atoms with Crippen molar-refractivity contribution in [2.24, 2.45) is 5.73 Å². The van der Waals surface area contributed by atoms with Crippen molar-refractivity contribution in [3.8, 4) is 0 Å². The molecule has 0 saturated heterocycles. The van der Waals surface area contributed by atoms with Crippen molar-refractivity contribution < 1.29 is 17.7 Å². The average molecular weight is 220 g/mol. The highest BCUT2D eigenvalue weighted by Gasteiger charge is 2.43. The third-order valence-corrected chi connectivity index (χ3v) is 2.71. The van der Waals surface area contributed by atoms with Crippen LogP contribution in [0.3, 0.4) is 0 Å². The molecule has 1 aromatic rings. The van der Waals surface area contributed by atoms with Gasteiger partial charge in [-0.3, -0.25) is 0 Å². The Labute approximate surface area is 84.4 Å². The van der Waals surface area contributed by atoms with Gasteiger partial charge >= 0.3 is 6.18 Å². The van der Waals surface area contributed by atoms with Gasteiger partial charge in [0.2, 0.25) is 0 Å². The van der Waals surface area contributed by atoms with Crippen molar-refractivity contribution in [3.63, 3.8) is 0 Å². The Morgan fingerprint density at radius 3 is 2.80 bits per heavy atom. The molecule has 0 spiro atoms. The molecule has 6 heteroatoms. The number of aryl methyl sites for hydroxylation is 1. The zero-order chi connectivity index (χ0) is 11.1. The van der Waals surface area contributed by atoms with Gasteiger partial charge in [-0.25, -0.2) is 0 Å². The summed E-state index contributed by atoms with van der Waals surface area (Å²) in [4.78, 5) is 0. The van der Waals surface area contributed by atoms with Gasteiger partial charge in [-0.1, -0.05) is 5.16 Å². The van der Waals surface area contributed by atoms with Crippen molar-refractivity contribution in [2.45, 2.75) is 31.4 Å². The number of fused-ring (bicyclic) bond motifs is 1. The van der Waals surface area contributed by atoms with E-state index in [-0.39, 0.29) is 11.5 Å². The van der Waals surface area contributed by atoms with E-state index in [1.165, 1.54) is 0 Å². The Hall–Kier alpha value is -1.04. The van der Waals surface area contributed by atoms with E-state index >= 15 is 0 Å². The molecule has 0 amide bonds. The maximum absolute atomic E-state index is 12.5. The molecule has 15 heavy (non-hydrogen) atoms. The average Bonchev–Trinajstić information content (AvgIpc) is 2.66. The predicted octanol–water partition coefficient (Wildman–Crippen LogP) is 2.07. The summed E-state index contributed by atoms with van der Waals surface area (Å²) in [5.74, 6) is 0.230. The summed E-state index contributed by atoms with van der Waals surface area (Å²) in [5, 5.41) is 3.10. The van der Waals surface area contributed by atoms with E-state index in [4.69, 9.17) is 10.3 Å². The van der Waals surface area contributed by atoms with Crippen LogP contribution in [0.1, 0.15) is 35.8 Å². The molecule has 1 aliphatic carbocycles. The maximum Gasteiger partial charge on any atom is 0.437 e. The minimum atomic E-state index is -4.42. The molecule has 1 unspecified atom stereocenters. The van der Waals surface area contributed by atoms with E-state index in [0.717, 1.165) is 0 Å². The lowest BCUT2D eigenvalue weighted by molar-refractivity contribution is -0.143. The van der Waals surface area contributed by atoms with Crippen LogP contribution in [0, 0.1) is 0 Å². The zero-order valence-corrected chi connectivity index (χ0v) is 7.97.